The van der Waals surface area contributed by atoms with Gasteiger partial charge in [0.25, 0.3) is 0 Å². The van der Waals surface area contributed by atoms with Crippen LogP contribution in [0.15, 0.2) is 4.52 Å². The minimum Gasteiger partial charge on any atom is -0.373 e. The molecule has 18 heavy (non-hydrogen) atoms. The number of nitrogens with zero attached hydrogens (tertiary/aromatic N) is 2. The van der Waals surface area contributed by atoms with Gasteiger partial charge < -0.3 is 15.0 Å². The first-order chi connectivity index (χ1) is 8.07. The van der Waals surface area contributed by atoms with E-state index in [9.17, 15) is 0 Å². The van der Waals surface area contributed by atoms with E-state index in [1.54, 1.807) is 7.11 Å². The van der Waals surface area contributed by atoms with Crippen LogP contribution in [0.4, 0.5) is 0 Å². The minimum absolute atomic E-state index is 0.0955. The van der Waals surface area contributed by atoms with Crippen molar-refractivity contribution in [1.29, 1.82) is 0 Å². The van der Waals surface area contributed by atoms with Crippen molar-refractivity contribution < 1.29 is 9.26 Å². The fourth-order valence-corrected chi connectivity index (χ4v) is 1.70. The Morgan fingerprint density at radius 2 is 1.67 bits per heavy atom. The molecule has 0 aliphatic carbocycles. The molecule has 0 saturated heterocycles. The van der Waals surface area contributed by atoms with Gasteiger partial charge in [0.1, 0.15) is 6.10 Å². The highest BCUT2D eigenvalue weighted by molar-refractivity contribution is 5.01. The van der Waals surface area contributed by atoms with Crippen LogP contribution in [0.2, 0.25) is 0 Å². The molecule has 2 N–H and O–H groups in total. The van der Waals surface area contributed by atoms with Crippen molar-refractivity contribution in [3.63, 3.8) is 0 Å². The summed E-state index contributed by atoms with van der Waals surface area (Å²) in [5, 5.41) is 4.00. The molecule has 0 spiro atoms. The van der Waals surface area contributed by atoms with Crippen molar-refractivity contribution in [3.8, 4) is 0 Å². The van der Waals surface area contributed by atoms with E-state index in [0.717, 1.165) is 0 Å². The zero-order valence-electron chi connectivity index (χ0n) is 12.4. The van der Waals surface area contributed by atoms with Crippen LogP contribution in [-0.4, -0.2) is 17.3 Å². The normalized spacial score (nSPS) is 16.7. The average Bonchev–Trinajstić information content (AvgIpc) is 2.63. The number of nitrogens with two attached hydrogens (primary N) is 1. The quantitative estimate of drug-likeness (QED) is 0.899. The second-order valence-electron chi connectivity index (χ2n) is 6.82. The molecule has 1 rings (SSSR count). The number of hydrogen-bond acceptors (Lipinski definition) is 5. The largest absolute Gasteiger partial charge is 0.373 e. The molecule has 0 aromatic carbocycles. The number of ether oxygens (including phenoxy) is 1. The molecule has 0 fully saturated rings. The lowest BCUT2D eigenvalue weighted by Gasteiger charge is -2.26. The third-order valence-corrected chi connectivity index (χ3v) is 2.91. The van der Waals surface area contributed by atoms with Gasteiger partial charge in [-0.05, 0) is 10.8 Å². The SMILES string of the molecule is COC(c1noc([C@@H](N)C(C)(C)C)n1)C(C)(C)C. The molecule has 5 nitrogen and oxygen atoms in total. The molecule has 2 atom stereocenters. The van der Waals surface area contributed by atoms with Crippen LogP contribution in [0.3, 0.4) is 0 Å². The average molecular weight is 255 g/mol. The van der Waals surface area contributed by atoms with Gasteiger partial charge in [-0.25, -0.2) is 0 Å². The predicted molar refractivity (Wildman–Crippen MR) is 69.9 cm³/mol. The Kier molecular flexibility index (Phi) is 4.18. The van der Waals surface area contributed by atoms with Gasteiger partial charge in [0.2, 0.25) is 11.7 Å². The van der Waals surface area contributed by atoms with Gasteiger partial charge in [0.05, 0.1) is 6.04 Å². The van der Waals surface area contributed by atoms with Gasteiger partial charge in [-0.3, -0.25) is 0 Å². The van der Waals surface area contributed by atoms with Crippen molar-refractivity contribution in [1.82, 2.24) is 10.1 Å². The fraction of sp³-hybridized carbons (Fsp3) is 0.846. The molecule has 1 aromatic heterocycles. The Bertz CT molecular complexity index is 388. The molecule has 5 heteroatoms. The van der Waals surface area contributed by atoms with Gasteiger partial charge in [-0.2, -0.15) is 4.98 Å². The maximum Gasteiger partial charge on any atom is 0.244 e. The zero-order chi connectivity index (χ0) is 14.1. The third kappa shape index (κ3) is 3.29. The second kappa shape index (κ2) is 4.97. The predicted octanol–water partition coefficient (Wildman–Crippen LogP) is 2.85. The lowest BCUT2D eigenvalue weighted by Crippen LogP contribution is -2.27. The standard InChI is InChI=1S/C13H25N3O2/c1-12(2,3)8(14)11-15-10(16-18-11)9(17-7)13(4,5)6/h8-9H,14H2,1-7H3/t8-,9?/m1/s1. The molecule has 1 aromatic rings. The number of hydrogen-bond donors (Lipinski definition) is 1. The van der Waals surface area contributed by atoms with Gasteiger partial charge in [0, 0.05) is 7.11 Å². The summed E-state index contributed by atoms with van der Waals surface area (Å²) >= 11 is 0. The summed E-state index contributed by atoms with van der Waals surface area (Å²) in [5.74, 6) is 1.02. The van der Waals surface area contributed by atoms with Crippen LogP contribution in [-0.2, 0) is 4.74 Å². The molecule has 0 aliphatic heterocycles. The Labute approximate surface area is 109 Å². The number of aromatic nitrogens is 2. The van der Waals surface area contributed by atoms with E-state index in [0.29, 0.717) is 11.7 Å². The Hall–Kier alpha value is -0.940. The van der Waals surface area contributed by atoms with Crippen LogP contribution in [0, 0.1) is 10.8 Å². The summed E-state index contributed by atoms with van der Waals surface area (Å²) in [7, 11) is 1.65. The van der Waals surface area contributed by atoms with E-state index in [4.69, 9.17) is 15.0 Å². The molecule has 1 heterocycles. The van der Waals surface area contributed by atoms with Gasteiger partial charge >= 0.3 is 0 Å². The highest BCUT2D eigenvalue weighted by Crippen LogP contribution is 2.35. The van der Waals surface area contributed by atoms with Gasteiger partial charge in [-0.15, -0.1) is 0 Å². The summed E-state index contributed by atoms with van der Waals surface area (Å²) in [6.45, 7) is 12.3. The Morgan fingerprint density at radius 3 is 2.06 bits per heavy atom. The number of methoxy groups -OCH3 is 1. The Balaban J connectivity index is 2.99. The highest BCUT2D eigenvalue weighted by Gasteiger charge is 2.33. The lowest BCUT2D eigenvalue weighted by atomic mass is 9.87. The van der Waals surface area contributed by atoms with Crippen LogP contribution in [0.25, 0.3) is 0 Å². The van der Waals surface area contributed by atoms with Crippen LogP contribution in [0.1, 0.15) is 65.4 Å². The van der Waals surface area contributed by atoms with Crippen LogP contribution in [0.5, 0.6) is 0 Å². The molecule has 0 saturated carbocycles. The van der Waals surface area contributed by atoms with Gasteiger partial charge in [0.15, 0.2) is 0 Å². The van der Waals surface area contributed by atoms with E-state index in [-0.39, 0.29) is 23.0 Å². The summed E-state index contributed by atoms with van der Waals surface area (Å²) in [6.07, 6.45) is -0.206. The molecular weight excluding hydrogens is 230 g/mol. The molecule has 1 unspecified atom stereocenters. The first kappa shape index (κ1) is 15.1. The van der Waals surface area contributed by atoms with E-state index >= 15 is 0 Å². The van der Waals surface area contributed by atoms with Crippen LogP contribution < -0.4 is 5.73 Å². The second-order valence-corrected chi connectivity index (χ2v) is 6.82. The topological polar surface area (TPSA) is 74.2 Å². The third-order valence-electron chi connectivity index (χ3n) is 2.91. The maximum absolute atomic E-state index is 6.10. The first-order valence-electron chi connectivity index (χ1n) is 6.19. The first-order valence-corrected chi connectivity index (χ1v) is 6.19. The van der Waals surface area contributed by atoms with E-state index < -0.39 is 0 Å². The molecule has 0 bridgehead atoms. The van der Waals surface area contributed by atoms with Crippen molar-refractivity contribution >= 4 is 0 Å². The summed E-state index contributed by atoms with van der Waals surface area (Å²) in [4.78, 5) is 4.39. The van der Waals surface area contributed by atoms with Crippen molar-refractivity contribution in [3.05, 3.63) is 11.7 Å². The summed E-state index contributed by atoms with van der Waals surface area (Å²) in [5.41, 5.74) is 5.89. The lowest BCUT2D eigenvalue weighted by molar-refractivity contribution is 0.00718. The van der Waals surface area contributed by atoms with Crippen molar-refractivity contribution in [2.24, 2.45) is 16.6 Å². The van der Waals surface area contributed by atoms with E-state index in [1.165, 1.54) is 0 Å². The number of rotatable bonds is 3. The molecular formula is C13H25N3O2. The van der Waals surface area contributed by atoms with Crippen molar-refractivity contribution in [2.75, 3.05) is 7.11 Å². The fourth-order valence-electron chi connectivity index (χ4n) is 1.70. The Morgan fingerprint density at radius 1 is 1.11 bits per heavy atom. The zero-order valence-corrected chi connectivity index (χ0v) is 12.4. The van der Waals surface area contributed by atoms with Crippen LogP contribution >= 0.6 is 0 Å². The summed E-state index contributed by atoms with van der Waals surface area (Å²) in [6, 6.07) is -0.281. The van der Waals surface area contributed by atoms with E-state index in [1.807, 2.05) is 20.8 Å². The minimum atomic E-state index is -0.281. The van der Waals surface area contributed by atoms with E-state index in [2.05, 4.69) is 30.9 Å². The molecule has 104 valence electrons. The highest BCUT2D eigenvalue weighted by atomic mass is 16.5. The molecule has 0 aliphatic rings. The molecule has 0 amide bonds. The smallest absolute Gasteiger partial charge is 0.244 e. The summed E-state index contributed by atoms with van der Waals surface area (Å²) < 4.78 is 10.7. The monoisotopic (exact) mass is 255 g/mol. The van der Waals surface area contributed by atoms with Gasteiger partial charge in [-0.1, -0.05) is 46.7 Å². The molecule has 0 radical (unpaired) electrons. The van der Waals surface area contributed by atoms with Crippen molar-refractivity contribution in [2.45, 2.75) is 53.7 Å². The maximum atomic E-state index is 6.10.